The van der Waals surface area contributed by atoms with E-state index in [4.69, 9.17) is 14.9 Å². The zero-order valence-electron chi connectivity index (χ0n) is 20.1. The van der Waals surface area contributed by atoms with Gasteiger partial charge < -0.3 is 14.9 Å². The normalized spacial score (nSPS) is 26.8. The third kappa shape index (κ3) is 5.29. The van der Waals surface area contributed by atoms with Gasteiger partial charge in [-0.3, -0.25) is 4.79 Å². The van der Waals surface area contributed by atoms with Crippen molar-refractivity contribution in [2.45, 2.75) is 63.2 Å². The third-order valence-electron chi connectivity index (χ3n) is 8.29. The molecule has 4 saturated carbocycles. The molecule has 4 aliphatic rings. The lowest BCUT2D eigenvalue weighted by Crippen LogP contribution is -2.48. The molecule has 184 valence electrons. The van der Waals surface area contributed by atoms with Crippen LogP contribution < -0.4 is 4.74 Å². The highest BCUT2D eigenvalue weighted by atomic mass is 16.5. The first-order valence-electron chi connectivity index (χ1n) is 12.9. The van der Waals surface area contributed by atoms with Crippen molar-refractivity contribution in [2.75, 3.05) is 6.61 Å². The Morgan fingerprint density at radius 3 is 2.11 bits per heavy atom. The molecular weight excluding hydrogens is 440 g/mol. The van der Waals surface area contributed by atoms with E-state index in [1.54, 1.807) is 6.08 Å². The predicted octanol–water partition coefficient (Wildman–Crippen LogP) is 6.55. The highest BCUT2D eigenvalue weighted by Gasteiger charge is 2.52. The van der Waals surface area contributed by atoms with E-state index in [0.717, 1.165) is 52.7 Å². The Bertz CT molecular complexity index is 1080. The van der Waals surface area contributed by atoms with Gasteiger partial charge in [0.05, 0.1) is 6.61 Å². The zero-order valence-corrected chi connectivity index (χ0v) is 20.1. The monoisotopic (exact) mass is 474 g/mol. The highest BCUT2D eigenvalue weighted by Crippen LogP contribution is 2.62. The molecule has 4 fully saturated rings. The number of hydrogen-bond donors (Lipinski definition) is 2. The van der Waals surface area contributed by atoms with Crippen LogP contribution in [0.25, 0.3) is 17.2 Å². The van der Waals surface area contributed by atoms with Gasteiger partial charge in [-0.15, -0.1) is 0 Å². The number of aliphatic carboxylic acids is 2. The second kappa shape index (κ2) is 9.88. The molecule has 4 bridgehead atoms. The Balaban J connectivity index is 1.42. The number of hydrogen-bond acceptors (Lipinski definition) is 3. The van der Waals surface area contributed by atoms with Crippen molar-refractivity contribution in [1.82, 2.24) is 0 Å². The van der Waals surface area contributed by atoms with E-state index in [2.05, 4.69) is 18.2 Å². The molecule has 0 aliphatic heterocycles. The number of rotatable bonds is 10. The Hall–Kier alpha value is -3.08. The summed E-state index contributed by atoms with van der Waals surface area (Å²) in [7, 11) is 0. The molecule has 2 aromatic carbocycles. The number of benzene rings is 2. The van der Waals surface area contributed by atoms with Gasteiger partial charge in [-0.1, -0.05) is 30.3 Å². The summed E-state index contributed by atoms with van der Waals surface area (Å²) in [4.78, 5) is 21.6. The van der Waals surface area contributed by atoms with Gasteiger partial charge in [0.25, 0.3) is 0 Å². The summed E-state index contributed by atoms with van der Waals surface area (Å²) in [6.45, 7) is 0.538. The molecule has 0 atom stereocenters. The minimum atomic E-state index is -0.951. The van der Waals surface area contributed by atoms with Gasteiger partial charge in [0, 0.05) is 18.1 Å². The van der Waals surface area contributed by atoms with E-state index in [-0.39, 0.29) is 11.8 Å². The number of carboxylic acid groups (broad SMARTS) is 2. The SMILES string of the molecule is O=C(O)C=Cc1ccc(-c2ccc(OCCCCC(=O)O)c(C34CC5CC(CC(C5)C3)C4)c2)cc1. The minimum Gasteiger partial charge on any atom is -0.493 e. The average molecular weight is 475 g/mol. The van der Waals surface area contributed by atoms with Gasteiger partial charge in [-0.25, -0.2) is 4.79 Å². The molecule has 0 spiro atoms. The molecule has 6 rings (SSSR count). The first-order chi connectivity index (χ1) is 16.9. The quantitative estimate of drug-likeness (QED) is 0.301. The molecule has 2 N–H and O–H groups in total. The van der Waals surface area contributed by atoms with Crippen LogP contribution in [0.5, 0.6) is 5.75 Å². The van der Waals surface area contributed by atoms with Crippen molar-refractivity contribution in [3.8, 4) is 16.9 Å². The van der Waals surface area contributed by atoms with E-state index < -0.39 is 11.9 Å². The van der Waals surface area contributed by atoms with Crippen LogP contribution in [-0.2, 0) is 15.0 Å². The minimum absolute atomic E-state index is 0.182. The zero-order chi connectivity index (χ0) is 24.4. The maximum absolute atomic E-state index is 10.8. The first kappa shape index (κ1) is 23.7. The van der Waals surface area contributed by atoms with Crippen LogP contribution in [0.4, 0.5) is 0 Å². The van der Waals surface area contributed by atoms with Crippen molar-refractivity contribution in [3.63, 3.8) is 0 Å². The molecule has 0 unspecified atom stereocenters. The summed E-state index contributed by atoms with van der Waals surface area (Å²) in [6.07, 6.45) is 12.2. The Morgan fingerprint density at radius 2 is 1.51 bits per heavy atom. The van der Waals surface area contributed by atoms with E-state index in [0.29, 0.717) is 13.0 Å². The van der Waals surface area contributed by atoms with Crippen molar-refractivity contribution in [3.05, 3.63) is 59.7 Å². The van der Waals surface area contributed by atoms with E-state index in [1.165, 1.54) is 44.1 Å². The van der Waals surface area contributed by atoms with Crippen LogP contribution in [0.2, 0.25) is 0 Å². The Morgan fingerprint density at radius 1 is 0.886 bits per heavy atom. The van der Waals surface area contributed by atoms with Crippen LogP contribution in [-0.4, -0.2) is 28.8 Å². The molecule has 0 amide bonds. The molecule has 0 saturated heterocycles. The highest BCUT2D eigenvalue weighted by molar-refractivity contribution is 5.85. The third-order valence-corrected chi connectivity index (χ3v) is 8.29. The van der Waals surface area contributed by atoms with E-state index >= 15 is 0 Å². The van der Waals surface area contributed by atoms with Crippen molar-refractivity contribution >= 4 is 18.0 Å². The van der Waals surface area contributed by atoms with Gasteiger partial charge in [-0.2, -0.15) is 0 Å². The van der Waals surface area contributed by atoms with Crippen molar-refractivity contribution in [2.24, 2.45) is 17.8 Å². The van der Waals surface area contributed by atoms with Crippen LogP contribution in [0.1, 0.15) is 68.9 Å². The second-order valence-electron chi connectivity index (χ2n) is 10.9. The number of carbonyl (C=O) groups is 2. The summed E-state index contributed by atoms with van der Waals surface area (Å²) < 4.78 is 6.32. The molecule has 5 heteroatoms. The van der Waals surface area contributed by atoms with Gasteiger partial charge in [0.1, 0.15) is 5.75 Å². The lowest BCUT2D eigenvalue weighted by Gasteiger charge is -2.57. The number of unbranched alkanes of at least 4 members (excludes halogenated alkanes) is 1. The summed E-state index contributed by atoms with van der Waals surface area (Å²) in [6, 6.07) is 14.6. The maximum Gasteiger partial charge on any atom is 0.328 e. The largest absolute Gasteiger partial charge is 0.493 e. The molecule has 5 nitrogen and oxygen atoms in total. The van der Waals surface area contributed by atoms with Gasteiger partial charge in [0.2, 0.25) is 0 Å². The molecule has 0 radical (unpaired) electrons. The molecular formula is C30H34O5. The molecule has 0 aromatic heterocycles. The van der Waals surface area contributed by atoms with Gasteiger partial charge >= 0.3 is 11.9 Å². The first-order valence-corrected chi connectivity index (χ1v) is 12.9. The lowest BCUT2D eigenvalue weighted by atomic mass is 9.48. The van der Waals surface area contributed by atoms with E-state index in [9.17, 15) is 9.59 Å². The Labute approximate surface area is 206 Å². The fourth-order valence-corrected chi connectivity index (χ4v) is 7.20. The number of ether oxygens (including phenoxy) is 1. The van der Waals surface area contributed by atoms with Gasteiger partial charge in [0.15, 0.2) is 0 Å². The summed E-state index contributed by atoms with van der Waals surface area (Å²) in [5.41, 5.74) is 4.64. The summed E-state index contributed by atoms with van der Waals surface area (Å²) >= 11 is 0. The molecule has 0 heterocycles. The fraction of sp³-hybridized carbons (Fsp3) is 0.467. The predicted molar refractivity (Wildman–Crippen MR) is 135 cm³/mol. The molecule has 2 aromatic rings. The van der Waals surface area contributed by atoms with Crippen LogP contribution >= 0.6 is 0 Å². The number of carboxylic acids is 2. The average Bonchev–Trinajstić information content (AvgIpc) is 2.82. The Kier molecular flexibility index (Phi) is 6.68. The van der Waals surface area contributed by atoms with E-state index in [1.807, 2.05) is 24.3 Å². The summed E-state index contributed by atoms with van der Waals surface area (Å²) in [5.74, 6) is 1.74. The maximum atomic E-state index is 10.8. The smallest absolute Gasteiger partial charge is 0.328 e. The molecule has 4 aliphatic carbocycles. The fourth-order valence-electron chi connectivity index (χ4n) is 7.20. The van der Waals surface area contributed by atoms with Gasteiger partial charge in [-0.05, 0) is 109 Å². The van der Waals surface area contributed by atoms with Crippen molar-refractivity contribution in [1.29, 1.82) is 0 Å². The molecule has 35 heavy (non-hydrogen) atoms. The van der Waals surface area contributed by atoms with Crippen LogP contribution in [0.3, 0.4) is 0 Å². The summed E-state index contributed by atoms with van der Waals surface area (Å²) in [5, 5.41) is 17.8. The standard InChI is InChI=1S/C30H34O5/c31-28(32)3-1-2-12-35-27-10-9-25(24-7-4-20(5-8-24)6-11-29(33)34)16-26(27)30-17-21-13-22(18-30)15-23(14-21)19-30/h4-11,16,21-23H,1-3,12-15,17-19H2,(H,31,32)(H,33,34). The second-order valence-corrected chi connectivity index (χ2v) is 10.9. The lowest BCUT2D eigenvalue weighted by molar-refractivity contribution is -0.137. The topological polar surface area (TPSA) is 83.8 Å². The van der Waals surface area contributed by atoms with Crippen molar-refractivity contribution < 1.29 is 24.5 Å². The van der Waals surface area contributed by atoms with Crippen LogP contribution in [0, 0.1) is 17.8 Å². The van der Waals surface area contributed by atoms with Crippen LogP contribution in [0.15, 0.2) is 48.5 Å².